The third kappa shape index (κ3) is 3.01. The van der Waals surface area contributed by atoms with Gasteiger partial charge < -0.3 is 9.30 Å². The number of hydrogen-bond acceptors (Lipinski definition) is 2. The fourth-order valence-electron chi connectivity index (χ4n) is 2.32. The Morgan fingerprint density at radius 1 is 1.38 bits per heavy atom. The summed E-state index contributed by atoms with van der Waals surface area (Å²) in [5, 5.41) is 0.142. The minimum absolute atomic E-state index is 0.134. The predicted molar refractivity (Wildman–Crippen MR) is 68.3 cm³/mol. The highest BCUT2D eigenvalue weighted by atomic mass is 19.4. The molecular weight excluding hydrogens is 290 g/mol. The second-order valence-corrected chi connectivity index (χ2v) is 4.73. The number of esters is 1. The van der Waals surface area contributed by atoms with Gasteiger partial charge in [0.2, 0.25) is 0 Å². The zero-order valence-corrected chi connectivity index (χ0v) is 11.4. The van der Waals surface area contributed by atoms with Crippen molar-refractivity contribution >= 4 is 16.9 Å². The lowest BCUT2D eigenvalue weighted by molar-refractivity contribution is -0.164. The first-order chi connectivity index (χ1) is 9.74. The average molecular weight is 303 g/mol. The molecule has 0 saturated heterocycles. The maximum atomic E-state index is 13.3. The number of carbonyl (C=O) groups excluding carboxylic acids is 1. The Morgan fingerprint density at radius 3 is 2.62 bits per heavy atom. The molecule has 0 aliphatic carbocycles. The van der Waals surface area contributed by atoms with E-state index in [1.807, 2.05) is 0 Å². The quantitative estimate of drug-likeness (QED) is 0.641. The summed E-state index contributed by atoms with van der Waals surface area (Å²) in [7, 11) is 2.59. The summed E-state index contributed by atoms with van der Waals surface area (Å²) < 4.78 is 58.8. The van der Waals surface area contributed by atoms with Crippen LogP contribution in [0.4, 0.5) is 17.6 Å². The van der Waals surface area contributed by atoms with Crippen molar-refractivity contribution in [1.82, 2.24) is 4.57 Å². The fourth-order valence-corrected chi connectivity index (χ4v) is 2.32. The van der Waals surface area contributed by atoms with Gasteiger partial charge in [0.1, 0.15) is 5.82 Å². The van der Waals surface area contributed by atoms with Crippen LogP contribution in [-0.2, 0) is 16.6 Å². The summed E-state index contributed by atoms with van der Waals surface area (Å²) in [5.74, 6) is -3.63. The number of rotatable bonds is 3. The Labute approximate surface area is 118 Å². The molecule has 0 radical (unpaired) electrons. The number of ether oxygens (including phenoxy) is 1. The zero-order chi connectivity index (χ0) is 15.8. The molecule has 1 atom stereocenters. The lowest BCUT2D eigenvalue weighted by Gasteiger charge is -2.18. The van der Waals surface area contributed by atoms with Crippen LogP contribution in [-0.4, -0.2) is 23.8 Å². The normalized spacial score (nSPS) is 13.4. The molecule has 1 heterocycles. The van der Waals surface area contributed by atoms with Gasteiger partial charge in [-0.2, -0.15) is 13.2 Å². The molecule has 114 valence electrons. The molecule has 0 saturated carbocycles. The molecule has 0 N–H and O–H groups in total. The van der Waals surface area contributed by atoms with Crippen LogP contribution >= 0.6 is 0 Å². The van der Waals surface area contributed by atoms with Gasteiger partial charge in [-0.15, -0.1) is 0 Å². The predicted octanol–water partition coefficient (Wildman–Crippen LogP) is 3.53. The number of fused-ring (bicyclic) bond motifs is 1. The van der Waals surface area contributed by atoms with Gasteiger partial charge in [-0.1, -0.05) is 0 Å². The van der Waals surface area contributed by atoms with Crippen molar-refractivity contribution in [3.63, 3.8) is 0 Å². The second kappa shape index (κ2) is 5.38. The number of halogens is 4. The van der Waals surface area contributed by atoms with E-state index in [-0.39, 0.29) is 10.9 Å². The van der Waals surface area contributed by atoms with E-state index in [9.17, 15) is 22.4 Å². The smallest absolute Gasteiger partial charge is 0.396 e. The van der Waals surface area contributed by atoms with Gasteiger partial charge in [-0.25, -0.2) is 4.39 Å². The molecule has 0 fully saturated rings. The maximum absolute atomic E-state index is 13.3. The maximum Gasteiger partial charge on any atom is 0.396 e. The zero-order valence-electron chi connectivity index (χ0n) is 11.4. The van der Waals surface area contributed by atoms with Crippen LogP contribution in [0.5, 0.6) is 0 Å². The summed E-state index contributed by atoms with van der Waals surface area (Å²) in [4.78, 5) is 11.2. The van der Waals surface area contributed by atoms with Crippen LogP contribution in [0.25, 0.3) is 10.9 Å². The number of alkyl halides is 3. The number of benzene rings is 1. The monoisotopic (exact) mass is 303 g/mol. The number of hydrogen-bond donors (Lipinski definition) is 0. The highest BCUT2D eigenvalue weighted by Crippen LogP contribution is 2.41. The van der Waals surface area contributed by atoms with Crippen LogP contribution in [0, 0.1) is 5.82 Å². The molecule has 2 rings (SSSR count). The van der Waals surface area contributed by atoms with Crippen molar-refractivity contribution < 1.29 is 27.1 Å². The molecule has 21 heavy (non-hydrogen) atoms. The lowest BCUT2D eigenvalue weighted by Crippen LogP contribution is -2.24. The SMILES string of the molecule is COC(=O)C[C@@H](c1cn(C)c2ccc(F)cc12)C(F)(F)F. The molecule has 1 aromatic heterocycles. The summed E-state index contributed by atoms with van der Waals surface area (Å²) in [6.07, 6.45) is -4.20. The van der Waals surface area contributed by atoms with E-state index >= 15 is 0 Å². The first-order valence-electron chi connectivity index (χ1n) is 6.12. The Bertz CT molecular complexity index is 675. The van der Waals surface area contributed by atoms with E-state index in [4.69, 9.17) is 0 Å². The third-order valence-electron chi connectivity index (χ3n) is 3.35. The van der Waals surface area contributed by atoms with E-state index in [2.05, 4.69) is 4.74 Å². The largest absolute Gasteiger partial charge is 0.469 e. The van der Waals surface area contributed by atoms with Crippen molar-refractivity contribution in [3.8, 4) is 0 Å². The first-order valence-corrected chi connectivity index (χ1v) is 6.12. The number of nitrogens with zero attached hydrogens (tertiary/aromatic N) is 1. The van der Waals surface area contributed by atoms with Crippen molar-refractivity contribution in [1.29, 1.82) is 0 Å². The second-order valence-electron chi connectivity index (χ2n) is 4.73. The molecule has 0 aliphatic heterocycles. The molecule has 0 aliphatic rings. The molecule has 0 amide bonds. The summed E-state index contributed by atoms with van der Waals surface area (Å²) in [5.41, 5.74) is 0.329. The van der Waals surface area contributed by atoms with E-state index in [0.29, 0.717) is 5.52 Å². The highest BCUT2D eigenvalue weighted by molar-refractivity contribution is 5.85. The van der Waals surface area contributed by atoms with Crippen molar-refractivity contribution in [3.05, 3.63) is 35.8 Å². The van der Waals surface area contributed by atoms with E-state index in [1.54, 1.807) is 7.05 Å². The van der Waals surface area contributed by atoms with E-state index in [0.717, 1.165) is 13.2 Å². The van der Waals surface area contributed by atoms with Crippen LogP contribution in [0.2, 0.25) is 0 Å². The van der Waals surface area contributed by atoms with Crippen LogP contribution < -0.4 is 0 Å². The molecule has 0 bridgehead atoms. The molecule has 3 nitrogen and oxygen atoms in total. The Kier molecular flexibility index (Phi) is 3.93. The molecule has 7 heteroatoms. The first kappa shape index (κ1) is 15.3. The van der Waals surface area contributed by atoms with Gasteiger partial charge in [0, 0.05) is 24.1 Å². The standard InChI is InChI=1S/C14H13F4NO2/c1-19-7-10(9-5-8(15)3-4-12(9)19)11(14(16,17)18)6-13(20)21-2/h3-5,7,11H,6H2,1-2H3/t11-/m0/s1. The molecule has 1 aromatic carbocycles. The van der Waals surface area contributed by atoms with Gasteiger partial charge in [-0.05, 0) is 23.8 Å². The Hall–Kier alpha value is -2.05. The summed E-state index contributed by atoms with van der Waals surface area (Å²) >= 11 is 0. The molecule has 2 aromatic rings. The molecule has 0 spiro atoms. The number of carbonyl (C=O) groups is 1. The number of aromatic nitrogens is 1. The average Bonchev–Trinajstić information content (AvgIpc) is 2.70. The topological polar surface area (TPSA) is 31.2 Å². The Morgan fingerprint density at radius 2 is 2.05 bits per heavy atom. The van der Waals surface area contributed by atoms with Crippen molar-refractivity contribution in [2.45, 2.75) is 18.5 Å². The summed E-state index contributed by atoms with van der Waals surface area (Å²) in [6, 6.07) is 3.62. The van der Waals surface area contributed by atoms with Crippen molar-refractivity contribution in [2.24, 2.45) is 7.05 Å². The van der Waals surface area contributed by atoms with Gasteiger partial charge in [0.05, 0.1) is 19.4 Å². The molecule has 0 unspecified atom stereocenters. The highest BCUT2D eigenvalue weighted by Gasteiger charge is 2.43. The minimum Gasteiger partial charge on any atom is -0.469 e. The van der Waals surface area contributed by atoms with E-state index < -0.39 is 30.3 Å². The van der Waals surface area contributed by atoms with Gasteiger partial charge in [0.25, 0.3) is 0 Å². The van der Waals surface area contributed by atoms with E-state index in [1.165, 1.54) is 22.9 Å². The van der Waals surface area contributed by atoms with Gasteiger partial charge >= 0.3 is 12.1 Å². The van der Waals surface area contributed by atoms with Crippen LogP contribution in [0.1, 0.15) is 17.9 Å². The molecular formula is C14H13F4NO2. The number of methoxy groups -OCH3 is 1. The number of aryl methyl sites for hydroxylation is 1. The Balaban J connectivity index is 2.59. The van der Waals surface area contributed by atoms with Gasteiger partial charge in [0.15, 0.2) is 0 Å². The fraction of sp³-hybridized carbons (Fsp3) is 0.357. The lowest BCUT2D eigenvalue weighted by atomic mass is 9.94. The van der Waals surface area contributed by atoms with Crippen LogP contribution in [0.15, 0.2) is 24.4 Å². The third-order valence-corrected chi connectivity index (χ3v) is 3.35. The van der Waals surface area contributed by atoms with Crippen LogP contribution in [0.3, 0.4) is 0 Å². The van der Waals surface area contributed by atoms with Crippen molar-refractivity contribution in [2.75, 3.05) is 7.11 Å². The summed E-state index contributed by atoms with van der Waals surface area (Å²) in [6.45, 7) is 0. The van der Waals surface area contributed by atoms with Gasteiger partial charge in [-0.3, -0.25) is 4.79 Å². The minimum atomic E-state index is -4.63.